The molecule has 0 aromatic heterocycles. The van der Waals surface area contributed by atoms with Crippen LogP contribution in [0.1, 0.15) is 11.1 Å². The average molecular weight is 238 g/mol. The first-order valence-electron chi connectivity index (χ1n) is 6.50. The van der Waals surface area contributed by atoms with Crippen LogP contribution in [0.25, 0.3) is 0 Å². The predicted molar refractivity (Wildman–Crippen MR) is 76.9 cm³/mol. The first-order chi connectivity index (χ1) is 8.83. The SMILES string of the molecule is Nc1ccc2c(c1)CCN2CCc1ccccc1. The Morgan fingerprint density at radius 1 is 1.06 bits per heavy atom. The highest BCUT2D eigenvalue weighted by molar-refractivity contribution is 5.63. The Balaban J connectivity index is 1.70. The number of nitrogens with zero attached hydrogens (tertiary/aromatic N) is 1. The van der Waals surface area contributed by atoms with E-state index in [-0.39, 0.29) is 0 Å². The summed E-state index contributed by atoms with van der Waals surface area (Å²) in [5.74, 6) is 0. The standard InChI is InChI=1S/C16H18N2/c17-15-6-7-16-14(12-15)9-11-18(16)10-8-13-4-2-1-3-5-13/h1-7,12H,8-11,17H2. The minimum atomic E-state index is 0.874. The third kappa shape index (κ3) is 2.19. The van der Waals surface area contributed by atoms with Gasteiger partial charge in [-0.2, -0.15) is 0 Å². The van der Waals surface area contributed by atoms with Crippen molar-refractivity contribution >= 4 is 11.4 Å². The summed E-state index contributed by atoms with van der Waals surface area (Å²) in [7, 11) is 0. The van der Waals surface area contributed by atoms with Gasteiger partial charge in [0.2, 0.25) is 0 Å². The van der Waals surface area contributed by atoms with Gasteiger partial charge >= 0.3 is 0 Å². The van der Waals surface area contributed by atoms with Crippen molar-refractivity contribution in [1.29, 1.82) is 0 Å². The zero-order chi connectivity index (χ0) is 12.4. The molecule has 0 spiro atoms. The van der Waals surface area contributed by atoms with E-state index in [0.29, 0.717) is 0 Å². The Kier molecular flexibility index (Phi) is 2.93. The lowest BCUT2D eigenvalue weighted by atomic mass is 10.1. The summed E-state index contributed by atoms with van der Waals surface area (Å²) in [5.41, 5.74) is 10.9. The van der Waals surface area contributed by atoms with Crippen molar-refractivity contribution in [2.75, 3.05) is 23.7 Å². The van der Waals surface area contributed by atoms with Gasteiger partial charge in [-0.25, -0.2) is 0 Å². The molecule has 92 valence electrons. The van der Waals surface area contributed by atoms with Crippen molar-refractivity contribution in [3.8, 4) is 0 Å². The Bertz CT molecular complexity index is 534. The van der Waals surface area contributed by atoms with E-state index in [9.17, 15) is 0 Å². The van der Waals surface area contributed by atoms with E-state index < -0.39 is 0 Å². The molecule has 1 aliphatic rings. The van der Waals surface area contributed by atoms with Crippen LogP contribution in [0.4, 0.5) is 11.4 Å². The zero-order valence-electron chi connectivity index (χ0n) is 10.5. The molecule has 2 heteroatoms. The average Bonchev–Trinajstić information content (AvgIpc) is 2.80. The van der Waals surface area contributed by atoms with Crippen molar-refractivity contribution in [1.82, 2.24) is 0 Å². The number of fused-ring (bicyclic) bond motifs is 1. The summed E-state index contributed by atoms with van der Waals surface area (Å²) in [5, 5.41) is 0. The van der Waals surface area contributed by atoms with Crippen LogP contribution in [-0.4, -0.2) is 13.1 Å². The van der Waals surface area contributed by atoms with Gasteiger partial charge in [0, 0.05) is 24.5 Å². The van der Waals surface area contributed by atoms with Crippen molar-refractivity contribution in [3.05, 3.63) is 59.7 Å². The van der Waals surface area contributed by atoms with Crippen LogP contribution < -0.4 is 10.6 Å². The van der Waals surface area contributed by atoms with Crippen LogP contribution in [0.5, 0.6) is 0 Å². The van der Waals surface area contributed by atoms with E-state index in [4.69, 9.17) is 5.73 Å². The molecule has 3 rings (SSSR count). The number of nitrogens with two attached hydrogens (primary N) is 1. The second kappa shape index (κ2) is 4.73. The molecule has 1 aliphatic heterocycles. The minimum Gasteiger partial charge on any atom is -0.399 e. The smallest absolute Gasteiger partial charge is 0.0401 e. The molecule has 2 nitrogen and oxygen atoms in total. The van der Waals surface area contributed by atoms with E-state index in [1.165, 1.54) is 16.8 Å². The van der Waals surface area contributed by atoms with Crippen molar-refractivity contribution < 1.29 is 0 Å². The number of hydrogen-bond donors (Lipinski definition) is 1. The van der Waals surface area contributed by atoms with Gasteiger partial charge in [-0.05, 0) is 42.2 Å². The molecule has 0 unspecified atom stereocenters. The highest BCUT2D eigenvalue weighted by Gasteiger charge is 2.18. The molecule has 18 heavy (non-hydrogen) atoms. The van der Waals surface area contributed by atoms with E-state index in [1.54, 1.807) is 0 Å². The topological polar surface area (TPSA) is 29.3 Å². The van der Waals surface area contributed by atoms with E-state index >= 15 is 0 Å². The first-order valence-corrected chi connectivity index (χ1v) is 6.50. The third-order valence-corrected chi connectivity index (χ3v) is 3.61. The maximum atomic E-state index is 5.82. The first kappa shape index (κ1) is 11.1. The monoisotopic (exact) mass is 238 g/mol. The van der Waals surface area contributed by atoms with Gasteiger partial charge in [0.25, 0.3) is 0 Å². The lowest BCUT2D eigenvalue weighted by molar-refractivity contribution is 0.813. The quantitative estimate of drug-likeness (QED) is 0.833. The van der Waals surface area contributed by atoms with E-state index in [1.807, 2.05) is 6.07 Å². The molecule has 0 saturated heterocycles. The van der Waals surface area contributed by atoms with Crippen LogP contribution in [-0.2, 0) is 12.8 Å². The summed E-state index contributed by atoms with van der Waals surface area (Å²) in [6.45, 7) is 2.20. The van der Waals surface area contributed by atoms with Gasteiger partial charge in [0.05, 0.1) is 0 Å². The molecule has 2 aromatic carbocycles. The summed E-state index contributed by atoms with van der Waals surface area (Å²) < 4.78 is 0. The fourth-order valence-electron chi connectivity index (χ4n) is 2.63. The Morgan fingerprint density at radius 2 is 1.89 bits per heavy atom. The molecule has 2 aromatic rings. The summed E-state index contributed by atoms with van der Waals surface area (Å²) >= 11 is 0. The number of hydrogen-bond acceptors (Lipinski definition) is 2. The number of nitrogen functional groups attached to an aromatic ring is 1. The number of anilines is 2. The Labute approximate surface area is 108 Å². The van der Waals surface area contributed by atoms with Gasteiger partial charge in [0.1, 0.15) is 0 Å². The highest BCUT2D eigenvalue weighted by atomic mass is 15.1. The normalized spacial score (nSPS) is 13.7. The molecule has 0 atom stereocenters. The predicted octanol–water partition coefficient (Wildman–Crippen LogP) is 2.87. The van der Waals surface area contributed by atoms with Gasteiger partial charge in [-0.15, -0.1) is 0 Å². The van der Waals surface area contributed by atoms with Crippen LogP contribution in [0, 0.1) is 0 Å². The van der Waals surface area contributed by atoms with Crippen LogP contribution in [0.2, 0.25) is 0 Å². The van der Waals surface area contributed by atoms with Crippen molar-refractivity contribution in [3.63, 3.8) is 0 Å². The Hall–Kier alpha value is -1.96. The summed E-state index contributed by atoms with van der Waals surface area (Å²) in [6, 6.07) is 16.9. The maximum absolute atomic E-state index is 5.82. The molecule has 0 amide bonds. The molecule has 0 fully saturated rings. The fourth-order valence-corrected chi connectivity index (χ4v) is 2.63. The molecular weight excluding hydrogens is 220 g/mol. The second-order valence-corrected chi connectivity index (χ2v) is 4.86. The minimum absolute atomic E-state index is 0.874. The van der Waals surface area contributed by atoms with Gasteiger partial charge < -0.3 is 10.6 Å². The molecule has 1 heterocycles. The second-order valence-electron chi connectivity index (χ2n) is 4.86. The summed E-state index contributed by atoms with van der Waals surface area (Å²) in [6.07, 6.45) is 2.22. The number of rotatable bonds is 3. The lowest BCUT2D eigenvalue weighted by Gasteiger charge is -2.19. The maximum Gasteiger partial charge on any atom is 0.0401 e. The van der Waals surface area contributed by atoms with Gasteiger partial charge in [-0.1, -0.05) is 30.3 Å². The van der Waals surface area contributed by atoms with Gasteiger partial charge in [0.15, 0.2) is 0 Å². The van der Waals surface area contributed by atoms with Crippen LogP contribution >= 0.6 is 0 Å². The number of benzene rings is 2. The molecule has 0 radical (unpaired) electrons. The van der Waals surface area contributed by atoms with Crippen LogP contribution in [0.15, 0.2) is 48.5 Å². The zero-order valence-corrected chi connectivity index (χ0v) is 10.5. The van der Waals surface area contributed by atoms with E-state index in [0.717, 1.165) is 31.6 Å². The largest absolute Gasteiger partial charge is 0.399 e. The molecular formula is C16H18N2. The molecule has 0 aliphatic carbocycles. The molecule has 0 saturated carbocycles. The van der Waals surface area contributed by atoms with Crippen molar-refractivity contribution in [2.24, 2.45) is 0 Å². The Morgan fingerprint density at radius 3 is 2.72 bits per heavy atom. The summed E-state index contributed by atoms with van der Waals surface area (Å²) in [4.78, 5) is 2.46. The third-order valence-electron chi connectivity index (χ3n) is 3.61. The highest BCUT2D eigenvalue weighted by Crippen LogP contribution is 2.29. The molecule has 0 bridgehead atoms. The van der Waals surface area contributed by atoms with E-state index in [2.05, 4.69) is 47.4 Å². The van der Waals surface area contributed by atoms with Gasteiger partial charge in [-0.3, -0.25) is 0 Å². The van der Waals surface area contributed by atoms with Crippen molar-refractivity contribution in [2.45, 2.75) is 12.8 Å². The lowest BCUT2D eigenvalue weighted by Crippen LogP contribution is -2.23. The van der Waals surface area contributed by atoms with Crippen LogP contribution in [0.3, 0.4) is 0 Å². The fraction of sp³-hybridized carbons (Fsp3) is 0.250. The molecule has 2 N–H and O–H groups in total.